The maximum absolute atomic E-state index is 10.7. The van der Waals surface area contributed by atoms with Crippen molar-refractivity contribution in [1.82, 2.24) is 0 Å². The Bertz CT molecular complexity index is 362. The van der Waals surface area contributed by atoms with E-state index >= 15 is 0 Å². The van der Waals surface area contributed by atoms with E-state index in [1.54, 1.807) is 24.3 Å². The van der Waals surface area contributed by atoms with Crippen molar-refractivity contribution in [2.45, 2.75) is 43.4 Å². The van der Waals surface area contributed by atoms with Gasteiger partial charge in [0.15, 0.2) is 0 Å². The average molecular weight is 284 g/mol. The van der Waals surface area contributed by atoms with Crippen LogP contribution in [0.5, 0.6) is 0 Å². The molecule has 1 aliphatic heterocycles. The predicted octanol–water partition coefficient (Wildman–Crippen LogP) is 1.77. The molecule has 0 aromatic carbocycles. The molecule has 1 fully saturated rings. The summed E-state index contributed by atoms with van der Waals surface area (Å²) >= 11 is 0. The quantitative estimate of drug-likeness (QED) is 0.780. The largest absolute Gasteiger partial charge is 0.382 e. The molecule has 1 N–H and O–H groups in total. The third-order valence-electron chi connectivity index (χ3n) is 3.92. The van der Waals surface area contributed by atoms with Crippen LogP contribution >= 0.6 is 0 Å². The summed E-state index contributed by atoms with van der Waals surface area (Å²) in [5, 5.41) is 10.7. The number of methoxy groups -OCH3 is 2. The normalized spacial score (nSPS) is 35.6. The van der Waals surface area contributed by atoms with Gasteiger partial charge in [0.25, 0.3) is 0 Å². The SMILES string of the molecule is CCCCC1(O)C=C[C@@]2(OC)OCCO[C@]2(OC)C=C1. The van der Waals surface area contributed by atoms with Crippen LogP contribution in [-0.4, -0.2) is 49.7 Å². The molecule has 0 bridgehead atoms. The molecule has 20 heavy (non-hydrogen) atoms. The Hall–Kier alpha value is -0.720. The van der Waals surface area contributed by atoms with Crippen LogP contribution in [0.3, 0.4) is 0 Å². The molecule has 0 amide bonds. The van der Waals surface area contributed by atoms with Crippen molar-refractivity contribution in [3.05, 3.63) is 24.3 Å². The molecule has 2 aliphatic rings. The summed E-state index contributed by atoms with van der Waals surface area (Å²) in [4.78, 5) is 0. The van der Waals surface area contributed by atoms with Crippen LogP contribution in [0, 0.1) is 0 Å². The van der Waals surface area contributed by atoms with Crippen molar-refractivity contribution in [3.8, 4) is 0 Å². The topological polar surface area (TPSA) is 57.2 Å². The first kappa shape index (κ1) is 15.7. The summed E-state index contributed by atoms with van der Waals surface area (Å²) in [6, 6.07) is 0. The van der Waals surface area contributed by atoms with Gasteiger partial charge in [0.2, 0.25) is 11.6 Å². The van der Waals surface area contributed by atoms with Crippen LogP contribution in [0.4, 0.5) is 0 Å². The van der Waals surface area contributed by atoms with Gasteiger partial charge in [0, 0.05) is 14.2 Å². The van der Waals surface area contributed by atoms with E-state index in [0.29, 0.717) is 19.6 Å². The second-order valence-corrected chi connectivity index (χ2v) is 5.20. The lowest BCUT2D eigenvalue weighted by Crippen LogP contribution is -2.61. The Kier molecular flexibility index (Phi) is 4.66. The van der Waals surface area contributed by atoms with Crippen molar-refractivity contribution in [1.29, 1.82) is 0 Å². The van der Waals surface area contributed by atoms with E-state index in [1.807, 2.05) is 0 Å². The zero-order valence-electron chi connectivity index (χ0n) is 12.4. The smallest absolute Gasteiger partial charge is 0.248 e. The molecule has 2 atom stereocenters. The number of unbranched alkanes of at least 4 members (excludes halogenated alkanes) is 1. The number of fused-ring (bicyclic) bond motifs is 1. The lowest BCUT2D eigenvalue weighted by molar-refractivity contribution is -0.389. The van der Waals surface area contributed by atoms with E-state index in [2.05, 4.69) is 6.92 Å². The molecule has 0 radical (unpaired) electrons. The van der Waals surface area contributed by atoms with Crippen molar-refractivity contribution >= 4 is 0 Å². The molecular formula is C15H24O5. The van der Waals surface area contributed by atoms with Gasteiger partial charge in [-0.15, -0.1) is 0 Å². The highest BCUT2D eigenvalue weighted by molar-refractivity contribution is 5.27. The van der Waals surface area contributed by atoms with E-state index < -0.39 is 17.2 Å². The minimum Gasteiger partial charge on any atom is -0.382 e. The van der Waals surface area contributed by atoms with E-state index in [-0.39, 0.29) is 0 Å². The van der Waals surface area contributed by atoms with Crippen molar-refractivity contribution < 1.29 is 24.1 Å². The van der Waals surface area contributed by atoms with Crippen LogP contribution in [0.1, 0.15) is 26.2 Å². The number of rotatable bonds is 5. The van der Waals surface area contributed by atoms with E-state index in [9.17, 15) is 5.11 Å². The molecule has 5 heteroatoms. The molecule has 0 aromatic rings. The fraction of sp³-hybridized carbons (Fsp3) is 0.733. The Morgan fingerprint density at radius 2 is 1.50 bits per heavy atom. The van der Waals surface area contributed by atoms with E-state index in [4.69, 9.17) is 18.9 Å². The van der Waals surface area contributed by atoms with Crippen LogP contribution in [0.2, 0.25) is 0 Å². The van der Waals surface area contributed by atoms with Gasteiger partial charge < -0.3 is 24.1 Å². The van der Waals surface area contributed by atoms with Crippen molar-refractivity contribution in [3.63, 3.8) is 0 Å². The van der Waals surface area contributed by atoms with Gasteiger partial charge in [-0.2, -0.15) is 0 Å². The zero-order valence-corrected chi connectivity index (χ0v) is 12.4. The molecule has 0 aromatic heterocycles. The second-order valence-electron chi connectivity index (χ2n) is 5.20. The maximum atomic E-state index is 10.7. The van der Waals surface area contributed by atoms with Gasteiger partial charge in [0.05, 0.1) is 13.2 Å². The summed E-state index contributed by atoms with van der Waals surface area (Å²) in [6.07, 6.45) is 9.39. The minimum absolute atomic E-state index is 0.407. The summed E-state index contributed by atoms with van der Waals surface area (Å²) in [7, 11) is 3.08. The van der Waals surface area contributed by atoms with Crippen LogP contribution in [0.25, 0.3) is 0 Å². The molecule has 0 saturated carbocycles. The first-order chi connectivity index (χ1) is 9.55. The Morgan fingerprint density at radius 1 is 1.00 bits per heavy atom. The highest BCUT2D eigenvalue weighted by Gasteiger charge is 2.56. The maximum Gasteiger partial charge on any atom is 0.248 e. The monoisotopic (exact) mass is 284 g/mol. The van der Waals surface area contributed by atoms with Crippen LogP contribution in [0.15, 0.2) is 24.3 Å². The third-order valence-corrected chi connectivity index (χ3v) is 3.92. The highest BCUT2D eigenvalue weighted by atomic mass is 16.8. The molecular weight excluding hydrogens is 260 g/mol. The third kappa shape index (κ3) is 2.56. The lowest BCUT2D eigenvalue weighted by Gasteiger charge is -2.46. The van der Waals surface area contributed by atoms with Gasteiger partial charge >= 0.3 is 0 Å². The number of hydrogen-bond donors (Lipinski definition) is 1. The number of aliphatic hydroxyl groups is 1. The highest BCUT2D eigenvalue weighted by Crippen LogP contribution is 2.41. The molecule has 5 nitrogen and oxygen atoms in total. The predicted molar refractivity (Wildman–Crippen MR) is 74.1 cm³/mol. The van der Waals surface area contributed by atoms with Gasteiger partial charge in [-0.25, -0.2) is 0 Å². The minimum atomic E-state index is -1.17. The van der Waals surface area contributed by atoms with E-state index in [0.717, 1.165) is 12.8 Å². The number of ether oxygens (including phenoxy) is 4. The van der Waals surface area contributed by atoms with Crippen LogP contribution in [-0.2, 0) is 18.9 Å². The summed E-state index contributed by atoms with van der Waals surface area (Å²) in [5.74, 6) is -2.35. The molecule has 1 heterocycles. The Balaban J connectivity index is 2.38. The summed E-state index contributed by atoms with van der Waals surface area (Å²) < 4.78 is 22.6. The van der Waals surface area contributed by atoms with Gasteiger partial charge in [-0.3, -0.25) is 0 Å². The second kappa shape index (κ2) is 5.95. The van der Waals surface area contributed by atoms with Gasteiger partial charge in [-0.1, -0.05) is 19.8 Å². The molecule has 2 rings (SSSR count). The fourth-order valence-corrected chi connectivity index (χ4v) is 2.64. The number of hydrogen-bond acceptors (Lipinski definition) is 5. The van der Waals surface area contributed by atoms with Crippen molar-refractivity contribution in [2.75, 3.05) is 27.4 Å². The fourth-order valence-electron chi connectivity index (χ4n) is 2.64. The van der Waals surface area contributed by atoms with Crippen LogP contribution < -0.4 is 0 Å². The summed E-state index contributed by atoms with van der Waals surface area (Å²) in [5.41, 5.74) is -1.03. The van der Waals surface area contributed by atoms with Gasteiger partial charge in [0.1, 0.15) is 5.60 Å². The Labute approximate surface area is 120 Å². The molecule has 1 aliphatic carbocycles. The Morgan fingerprint density at radius 3 is 1.90 bits per heavy atom. The van der Waals surface area contributed by atoms with Crippen molar-refractivity contribution in [2.24, 2.45) is 0 Å². The first-order valence-corrected chi connectivity index (χ1v) is 7.07. The molecule has 0 spiro atoms. The van der Waals surface area contributed by atoms with E-state index in [1.165, 1.54) is 14.2 Å². The van der Waals surface area contributed by atoms with Gasteiger partial charge in [-0.05, 0) is 30.7 Å². The summed E-state index contributed by atoms with van der Waals surface area (Å²) in [6.45, 7) is 2.90. The lowest BCUT2D eigenvalue weighted by atomic mass is 9.96. The molecule has 114 valence electrons. The zero-order chi connectivity index (χ0) is 14.7. The molecule has 0 unspecified atom stereocenters. The standard InChI is InChI=1S/C15H24O5/c1-4-5-6-13(16)7-9-14(17-2)15(18-3,10-8-13)20-12-11-19-14/h7-10,16H,4-6,11-12H2,1-3H3/t14-,15-/m1/s1. The average Bonchev–Trinajstić information content (AvgIpc) is 2.62. The first-order valence-electron chi connectivity index (χ1n) is 7.07. The molecule has 1 saturated heterocycles.